The van der Waals surface area contributed by atoms with Crippen molar-refractivity contribution in [2.45, 2.75) is 63.0 Å². The number of hydrogen-bond acceptors (Lipinski definition) is 4. The maximum atomic E-state index is 12.6. The number of alkyl halides is 3. The van der Waals surface area contributed by atoms with E-state index in [-0.39, 0.29) is 19.0 Å². The van der Waals surface area contributed by atoms with E-state index in [1.54, 1.807) is 0 Å². The number of guanidine groups is 1. The monoisotopic (exact) mass is 428 g/mol. The number of halogens is 3. The van der Waals surface area contributed by atoms with Gasteiger partial charge in [-0.2, -0.15) is 17.5 Å². The molecule has 1 heterocycles. The molecule has 0 spiro atoms. The van der Waals surface area contributed by atoms with Crippen LogP contribution in [0.3, 0.4) is 0 Å². The van der Waals surface area contributed by atoms with Crippen molar-refractivity contribution in [1.82, 2.24) is 14.9 Å². The zero-order valence-electron chi connectivity index (χ0n) is 16.3. The molecule has 0 radical (unpaired) electrons. The van der Waals surface area contributed by atoms with Gasteiger partial charge in [0.05, 0.1) is 12.1 Å². The molecule has 0 aromatic rings. The first-order valence-electron chi connectivity index (χ1n) is 9.88. The highest BCUT2D eigenvalue weighted by molar-refractivity contribution is 7.90. The zero-order chi connectivity index (χ0) is 20.8. The fourth-order valence-electron chi connectivity index (χ4n) is 3.68. The van der Waals surface area contributed by atoms with E-state index >= 15 is 0 Å². The van der Waals surface area contributed by atoms with E-state index in [9.17, 15) is 26.7 Å². The largest absolute Gasteiger partial charge is 0.511 e. The number of rotatable bonds is 6. The zero-order valence-corrected chi connectivity index (χ0v) is 17.1. The maximum absolute atomic E-state index is 12.6. The van der Waals surface area contributed by atoms with Gasteiger partial charge in [0.15, 0.2) is 5.96 Å². The molecule has 28 heavy (non-hydrogen) atoms. The van der Waals surface area contributed by atoms with Crippen LogP contribution in [0.2, 0.25) is 0 Å². The van der Waals surface area contributed by atoms with Crippen molar-refractivity contribution in [3.8, 4) is 0 Å². The van der Waals surface area contributed by atoms with Crippen LogP contribution in [-0.4, -0.2) is 67.6 Å². The molecule has 0 unspecified atom stereocenters. The van der Waals surface area contributed by atoms with Crippen LogP contribution in [0, 0.1) is 5.92 Å². The smallest absolute Gasteiger partial charge is 0.388 e. The van der Waals surface area contributed by atoms with E-state index in [2.05, 4.69) is 15.6 Å². The topological polar surface area (TPSA) is 94.0 Å². The summed E-state index contributed by atoms with van der Waals surface area (Å²) < 4.78 is 61.4. The van der Waals surface area contributed by atoms with E-state index in [0.717, 1.165) is 32.1 Å². The average molecular weight is 429 g/mol. The van der Waals surface area contributed by atoms with Gasteiger partial charge in [-0.05, 0) is 38.5 Å². The van der Waals surface area contributed by atoms with E-state index in [1.165, 1.54) is 0 Å². The van der Waals surface area contributed by atoms with Gasteiger partial charge in [-0.25, -0.2) is 8.42 Å². The fraction of sp³-hybridized carbons (Fsp3) is 0.941. The lowest BCUT2D eigenvalue weighted by atomic mass is 9.85. The second kappa shape index (κ2) is 9.62. The van der Waals surface area contributed by atoms with Crippen LogP contribution < -0.4 is 10.6 Å². The molecular formula is C17H31F3N4O3S. The summed E-state index contributed by atoms with van der Waals surface area (Å²) >= 11 is 0. The second-order valence-corrected chi connectivity index (χ2v) is 9.58. The van der Waals surface area contributed by atoms with Crippen molar-refractivity contribution in [3.05, 3.63) is 0 Å². The highest BCUT2D eigenvalue weighted by Gasteiger charge is 2.50. The predicted molar refractivity (Wildman–Crippen MR) is 101 cm³/mol. The normalized spacial score (nSPS) is 22.8. The van der Waals surface area contributed by atoms with Gasteiger partial charge in [-0.3, -0.25) is 4.99 Å². The lowest BCUT2D eigenvalue weighted by molar-refractivity contribution is -0.0496. The molecule has 11 heteroatoms. The minimum atomic E-state index is -5.25. The van der Waals surface area contributed by atoms with Gasteiger partial charge >= 0.3 is 15.5 Å². The first-order chi connectivity index (χ1) is 13.1. The van der Waals surface area contributed by atoms with Crippen LogP contribution in [0.5, 0.6) is 0 Å². The number of sulfonamides is 1. The van der Waals surface area contributed by atoms with Crippen molar-refractivity contribution in [1.29, 1.82) is 0 Å². The van der Waals surface area contributed by atoms with Gasteiger partial charge in [0.2, 0.25) is 0 Å². The third-order valence-corrected chi connectivity index (χ3v) is 7.05. The number of piperidine rings is 1. The summed E-state index contributed by atoms with van der Waals surface area (Å²) in [5.41, 5.74) is -6.01. The van der Waals surface area contributed by atoms with Crippen LogP contribution in [0.25, 0.3) is 0 Å². The SMILES string of the molecule is CCNC(=NCC1(O)CCCCC1)NCC1CCN(S(=O)(=O)C(F)(F)F)CC1. The lowest BCUT2D eigenvalue weighted by Crippen LogP contribution is -2.47. The Morgan fingerprint density at radius 2 is 1.79 bits per heavy atom. The molecule has 0 aromatic heterocycles. The molecule has 3 N–H and O–H groups in total. The summed E-state index contributed by atoms with van der Waals surface area (Å²) in [5.74, 6) is 0.619. The van der Waals surface area contributed by atoms with E-state index in [4.69, 9.17) is 0 Å². The Balaban J connectivity index is 1.83. The second-order valence-electron chi connectivity index (χ2n) is 7.65. The molecule has 0 aromatic carbocycles. The molecule has 7 nitrogen and oxygen atoms in total. The Labute approximate surface area is 164 Å². The molecule has 2 rings (SSSR count). The Hall–Kier alpha value is -1.07. The van der Waals surface area contributed by atoms with Gasteiger partial charge in [-0.1, -0.05) is 19.3 Å². The predicted octanol–water partition coefficient (Wildman–Crippen LogP) is 1.80. The molecule has 1 saturated carbocycles. The van der Waals surface area contributed by atoms with Crippen LogP contribution in [0.1, 0.15) is 51.9 Å². The summed E-state index contributed by atoms with van der Waals surface area (Å²) in [7, 11) is -5.24. The van der Waals surface area contributed by atoms with Crippen LogP contribution in [-0.2, 0) is 10.0 Å². The summed E-state index contributed by atoms with van der Waals surface area (Å²) in [6.07, 6.45) is 5.30. The van der Waals surface area contributed by atoms with Gasteiger partial charge in [-0.15, -0.1) is 0 Å². The molecular weight excluding hydrogens is 397 g/mol. The molecule has 1 saturated heterocycles. The lowest BCUT2D eigenvalue weighted by Gasteiger charge is -2.32. The maximum Gasteiger partial charge on any atom is 0.511 e. The van der Waals surface area contributed by atoms with E-state index in [1.807, 2.05) is 6.92 Å². The number of nitrogens with zero attached hydrogens (tertiary/aromatic N) is 2. The number of aliphatic hydroxyl groups is 1. The summed E-state index contributed by atoms with van der Waals surface area (Å²) in [6, 6.07) is 0. The van der Waals surface area contributed by atoms with Gasteiger partial charge < -0.3 is 15.7 Å². The van der Waals surface area contributed by atoms with Crippen molar-refractivity contribution < 1.29 is 26.7 Å². The first kappa shape index (κ1) is 23.2. The Morgan fingerprint density at radius 1 is 1.18 bits per heavy atom. The van der Waals surface area contributed by atoms with Crippen LogP contribution in [0.4, 0.5) is 13.2 Å². The van der Waals surface area contributed by atoms with Gasteiger partial charge in [0, 0.05) is 26.2 Å². The molecule has 2 aliphatic rings. The molecule has 0 amide bonds. The number of aliphatic imine (C=N–C) groups is 1. The molecule has 2 fully saturated rings. The molecule has 0 bridgehead atoms. The number of nitrogens with one attached hydrogen (secondary N) is 2. The average Bonchev–Trinajstić information content (AvgIpc) is 2.64. The van der Waals surface area contributed by atoms with Crippen molar-refractivity contribution in [2.75, 3.05) is 32.7 Å². The Bertz CT molecular complexity index is 626. The summed E-state index contributed by atoms with van der Waals surface area (Å²) in [6.45, 7) is 3.09. The van der Waals surface area contributed by atoms with Gasteiger partial charge in [0.1, 0.15) is 0 Å². The minimum absolute atomic E-state index is 0.0568. The summed E-state index contributed by atoms with van der Waals surface area (Å²) in [4.78, 5) is 4.47. The summed E-state index contributed by atoms with van der Waals surface area (Å²) in [5, 5.41) is 16.8. The number of hydrogen-bond donors (Lipinski definition) is 3. The molecule has 1 aliphatic carbocycles. The van der Waals surface area contributed by atoms with E-state index in [0.29, 0.717) is 42.7 Å². The highest BCUT2D eigenvalue weighted by Crippen LogP contribution is 2.30. The minimum Gasteiger partial charge on any atom is -0.388 e. The quantitative estimate of drug-likeness (QED) is 0.443. The van der Waals surface area contributed by atoms with Gasteiger partial charge in [0.25, 0.3) is 0 Å². The Kier molecular flexibility index (Phi) is 7.97. The first-order valence-corrected chi connectivity index (χ1v) is 11.3. The molecule has 1 aliphatic heterocycles. The van der Waals surface area contributed by atoms with Crippen LogP contribution >= 0.6 is 0 Å². The highest BCUT2D eigenvalue weighted by atomic mass is 32.2. The van der Waals surface area contributed by atoms with E-state index < -0.39 is 21.1 Å². The molecule has 164 valence electrons. The standard InChI is InChI=1S/C17H31F3N4O3S/c1-2-21-15(23-13-16(25)8-4-3-5-9-16)22-12-14-6-10-24(11-7-14)28(26,27)17(18,19)20/h14,25H,2-13H2,1H3,(H2,21,22,23). The molecule has 0 atom stereocenters. The van der Waals surface area contributed by atoms with Crippen molar-refractivity contribution >= 4 is 16.0 Å². The third kappa shape index (κ3) is 6.21. The van der Waals surface area contributed by atoms with Crippen LogP contribution in [0.15, 0.2) is 4.99 Å². The van der Waals surface area contributed by atoms with Crippen molar-refractivity contribution in [3.63, 3.8) is 0 Å². The van der Waals surface area contributed by atoms with Crippen molar-refractivity contribution in [2.24, 2.45) is 10.9 Å². The Morgan fingerprint density at radius 3 is 2.32 bits per heavy atom. The third-order valence-electron chi connectivity index (χ3n) is 5.42. The fourth-order valence-corrected chi connectivity index (χ4v) is 4.66.